The molecule has 2 aliphatic heterocycles. The normalized spacial score (nSPS) is 19.2. The van der Waals surface area contributed by atoms with Crippen LogP contribution in [0.2, 0.25) is 5.02 Å². The van der Waals surface area contributed by atoms with Crippen LogP contribution < -0.4 is 14.8 Å². The number of carbonyl (C=O) groups is 1. The van der Waals surface area contributed by atoms with Crippen molar-refractivity contribution in [1.29, 1.82) is 0 Å². The molecule has 1 amide bonds. The average molecular weight is 367 g/mol. The molecule has 2 heterocycles. The van der Waals surface area contributed by atoms with Crippen LogP contribution in [0, 0.1) is 11.8 Å². The first-order valence-corrected chi connectivity index (χ1v) is 9.45. The Hall–Kier alpha value is -1.46. The van der Waals surface area contributed by atoms with Crippen LogP contribution in [0.3, 0.4) is 0 Å². The van der Waals surface area contributed by atoms with Gasteiger partial charge < -0.3 is 14.8 Å². The number of carbonyl (C=O) groups excluding carboxylic acids is 1. The van der Waals surface area contributed by atoms with Crippen LogP contribution >= 0.6 is 11.6 Å². The van der Waals surface area contributed by atoms with E-state index in [-0.39, 0.29) is 12.7 Å². The van der Waals surface area contributed by atoms with Crippen molar-refractivity contribution in [2.45, 2.75) is 39.7 Å². The van der Waals surface area contributed by atoms with Gasteiger partial charge in [0.2, 0.25) is 6.79 Å². The van der Waals surface area contributed by atoms with E-state index in [4.69, 9.17) is 21.1 Å². The number of piperidine rings is 1. The maximum Gasteiger partial charge on any atom is 0.251 e. The number of hydrogen-bond acceptors (Lipinski definition) is 4. The number of halogens is 1. The Labute approximate surface area is 154 Å². The minimum atomic E-state index is -0.128. The molecule has 0 bridgehead atoms. The predicted octanol–water partition coefficient (Wildman–Crippen LogP) is 3.56. The molecule has 1 N–H and O–H groups in total. The predicted molar refractivity (Wildman–Crippen MR) is 98.5 cm³/mol. The fourth-order valence-electron chi connectivity index (χ4n) is 3.54. The van der Waals surface area contributed by atoms with E-state index in [0.717, 1.165) is 19.0 Å². The second-order valence-electron chi connectivity index (χ2n) is 7.43. The zero-order valence-electron chi connectivity index (χ0n) is 15.2. The first-order valence-electron chi connectivity index (χ1n) is 9.07. The van der Waals surface area contributed by atoms with Crippen molar-refractivity contribution in [2.24, 2.45) is 11.8 Å². The van der Waals surface area contributed by atoms with E-state index in [9.17, 15) is 4.79 Å². The molecule has 1 aromatic carbocycles. The molecule has 1 saturated heterocycles. The van der Waals surface area contributed by atoms with Crippen molar-refractivity contribution < 1.29 is 14.3 Å². The number of ether oxygens (including phenoxy) is 2. The van der Waals surface area contributed by atoms with Gasteiger partial charge in [-0.1, -0.05) is 32.4 Å². The Morgan fingerprint density at radius 1 is 1.32 bits per heavy atom. The Morgan fingerprint density at radius 3 is 2.72 bits per heavy atom. The van der Waals surface area contributed by atoms with Gasteiger partial charge in [0.25, 0.3) is 5.91 Å². The van der Waals surface area contributed by atoms with Gasteiger partial charge in [0, 0.05) is 18.2 Å². The first kappa shape index (κ1) is 18.3. The molecule has 0 aliphatic carbocycles. The van der Waals surface area contributed by atoms with Gasteiger partial charge >= 0.3 is 0 Å². The van der Waals surface area contributed by atoms with Gasteiger partial charge in [0.15, 0.2) is 11.5 Å². The fraction of sp³-hybridized carbons (Fsp3) is 0.632. The quantitative estimate of drug-likeness (QED) is 0.865. The van der Waals surface area contributed by atoms with E-state index in [1.807, 2.05) is 0 Å². The van der Waals surface area contributed by atoms with E-state index in [1.165, 1.54) is 12.8 Å². The summed E-state index contributed by atoms with van der Waals surface area (Å²) >= 11 is 6.17. The molecule has 0 radical (unpaired) electrons. The van der Waals surface area contributed by atoms with Gasteiger partial charge in [-0.3, -0.25) is 9.69 Å². The molecule has 5 nitrogen and oxygen atoms in total. The third kappa shape index (κ3) is 4.21. The summed E-state index contributed by atoms with van der Waals surface area (Å²) in [7, 11) is 0. The molecule has 0 saturated carbocycles. The minimum Gasteiger partial charge on any atom is -0.454 e. The lowest BCUT2D eigenvalue weighted by Crippen LogP contribution is -2.49. The molecule has 0 aromatic heterocycles. The van der Waals surface area contributed by atoms with E-state index >= 15 is 0 Å². The first-order chi connectivity index (χ1) is 12.0. The molecule has 3 rings (SSSR count). The van der Waals surface area contributed by atoms with Crippen LogP contribution in [-0.2, 0) is 0 Å². The summed E-state index contributed by atoms with van der Waals surface area (Å²) in [5.74, 6) is 2.20. The minimum absolute atomic E-state index is 0.128. The Kier molecular flexibility index (Phi) is 5.74. The third-order valence-electron chi connectivity index (χ3n) is 5.22. The van der Waals surface area contributed by atoms with Gasteiger partial charge in [-0.2, -0.15) is 0 Å². The lowest BCUT2D eigenvalue weighted by Gasteiger charge is -2.38. The largest absolute Gasteiger partial charge is 0.454 e. The topological polar surface area (TPSA) is 50.8 Å². The van der Waals surface area contributed by atoms with Crippen molar-refractivity contribution in [3.63, 3.8) is 0 Å². The standard InChI is InChI=1S/C19H27ClN2O3/c1-12(2)16(22-6-4-13(3)5-7-22)10-21-19(23)14-8-15(20)18-17(9-14)24-11-25-18/h8-9,12-13,16H,4-7,10-11H2,1-3H3,(H,21,23). The number of nitrogens with zero attached hydrogens (tertiary/aromatic N) is 1. The van der Waals surface area contributed by atoms with Crippen LogP contribution in [-0.4, -0.2) is 43.3 Å². The average Bonchev–Trinajstić information content (AvgIpc) is 3.05. The van der Waals surface area contributed by atoms with Gasteiger partial charge in [-0.05, 0) is 49.9 Å². The molecule has 1 atom stereocenters. The van der Waals surface area contributed by atoms with Crippen molar-refractivity contribution in [3.05, 3.63) is 22.7 Å². The molecule has 2 aliphatic rings. The monoisotopic (exact) mass is 366 g/mol. The summed E-state index contributed by atoms with van der Waals surface area (Å²) in [5.41, 5.74) is 0.504. The van der Waals surface area contributed by atoms with E-state index in [1.54, 1.807) is 12.1 Å². The Morgan fingerprint density at radius 2 is 2.04 bits per heavy atom. The van der Waals surface area contributed by atoms with Gasteiger partial charge in [0.1, 0.15) is 0 Å². The number of benzene rings is 1. The number of hydrogen-bond donors (Lipinski definition) is 1. The lowest BCUT2D eigenvalue weighted by atomic mass is 9.94. The Bertz CT molecular complexity index is 627. The van der Waals surface area contributed by atoms with Gasteiger partial charge in [-0.15, -0.1) is 0 Å². The van der Waals surface area contributed by atoms with Crippen LogP contribution in [0.25, 0.3) is 0 Å². The summed E-state index contributed by atoms with van der Waals surface area (Å²) in [6, 6.07) is 3.68. The fourth-order valence-corrected chi connectivity index (χ4v) is 3.81. The maximum atomic E-state index is 12.6. The van der Waals surface area contributed by atoms with Gasteiger partial charge in [0.05, 0.1) is 5.02 Å². The maximum absolute atomic E-state index is 12.6. The molecule has 6 heteroatoms. The van der Waals surface area contributed by atoms with E-state index in [0.29, 0.717) is 40.6 Å². The summed E-state index contributed by atoms with van der Waals surface area (Å²) in [5, 5.41) is 3.48. The number of rotatable bonds is 5. The lowest BCUT2D eigenvalue weighted by molar-refractivity contribution is 0.0862. The molecule has 138 valence electrons. The number of likely N-dealkylation sites (tertiary alicyclic amines) is 1. The molecule has 25 heavy (non-hydrogen) atoms. The van der Waals surface area contributed by atoms with Crippen LogP contribution in [0.1, 0.15) is 44.0 Å². The van der Waals surface area contributed by atoms with Crippen LogP contribution in [0.15, 0.2) is 12.1 Å². The number of fused-ring (bicyclic) bond motifs is 1. The molecule has 1 aromatic rings. The Balaban J connectivity index is 1.63. The van der Waals surface area contributed by atoms with E-state index < -0.39 is 0 Å². The van der Waals surface area contributed by atoms with Gasteiger partial charge in [-0.25, -0.2) is 0 Å². The SMILES string of the molecule is CC1CCN(C(CNC(=O)c2cc(Cl)c3c(c2)OCO3)C(C)C)CC1. The van der Waals surface area contributed by atoms with Crippen molar-refractivity contribution in [3.8, 4) is 11.5 Å². The number of nitrogens with one attached hydrogen (secondary N) is 1. The van der Waals surface area contributed by atoms with Crippen molar-refractivity contribution in [2.75, 3.05) is 26.4 Å². The molecule has 0 spiro atoms. The van der Waals surface area contributed by atoms with Crippen molar-refractivity contribution in [1.82, 2.24) is 10.2 Å². The summed E-state index contributed by atoms with van der Waals surface area (Å²) < 4.78 is 10.6. The van der Waals surface area contributed by atoms with Crippen molar-refractivity contribution >= 4 is 17.5 Å². The van der Waals surface area contributed by atoms with E-state index in [2.05, 4.69) is 31.0 Å². The molecular formula is C19H27ClN2O3. The zero-order valence-corrected chi connectivity index (χ0v) is 15.9. The number of amides is 1. The highest BCUT2D eigenvalue weighted by Crippen LogP contribution is 2.39. The smallest absolute Gasteiger partial charge is 0.251 e. The summed E-state index contributed by atoms with van der Waals surface area (Å²) in [4.78, 5) is 15.1. The highest BCUT2D eigenvalue weighted by molar-refractivity contribution is 6.32. The molecular weight excluding hydrogens is 340 g/mol. The summed E-state index contributed by atoms with van der Waals surface area (Å²) in [6.45, 7) is 9.73. The highest BCUT2D eigenvalue weighted by atomic mass is 35.5. The molecule has 1 fully saturated rings. The summed E-state index contributed by atoms with van der Waals surface area (Å²) in [6.07, 6.45) is 2.46. The molecule has 1 unspecified atom stereocenters. The van der Waals surface area contributed by atoms with Crippen LogP contribution in [0.4, 0.5) is 0 Å². The van der Waals surface area contributed by atoms with Crippen LogP contribution in [0.5, 0.6) is 11.5 Å². The second-order valence-corrected chi connectivity index (χ2v) is 7.84. The second kappa shape index (κ2) is 7.83. The highest BCUT2D eigenvalue weighted by Gasteiger charge is 2.26. The third-order valence-corrected chi connectivity index (χ3v) is 5.50. The zero-order chi connectivity index (χ0) is 18.0.